The molecule has 0 bridgehead atoms. The largest absolute Gasteiger partial charge is 0.462 e. The summed E-state index contributed by atoms with van der Waals surface area (Å²) in [5.74, 6) is -0.890. The Bertz CT molecular complexity index is 484. The number of rotatable bonds is 24. The molecular formula is C27H52O7. The van der Waals surface area contributed by atoms with Gasteiger partial charge in [-0.25, -0.2) is 0 Å². The normalized spacial score (nSPS) is 13.9. The first kappa shape index (κ1) is 32.8. The summed E-state index contributed by atoms with van der Waals surface area (Å²) in [4.78, 5) is 23.9. The lowest BCUT2D eigenvalue weighted by Crippen LogP contribution is -2.28. The van der Waals surface area contributed by atoms with Crippen molar-refractivity contribution in [2.45, 2.75) is 148 Å². The number of esters is 2. The zero-order valence-electron chi connectivity index (χ0n) is 21.8. The summed E-state index contributed by atoms with van der Waals surface area (Å²) in [5, 5.41) is 29.4. The number of aliphatic hydroxyl groups excluding tert-OH is 3. The molecule has 0 amide bonds. The first-order valence-electron chi connectivity index (χ1n) is 13.7. The number of unbranched alkanes of at least 4 members (excludes halogenated alkanes) is 8. The molecule has 34 heavy (non-hydrogen) atoms. The van der Waals surface area contributed by atoms with Gasteiger partial charge in [0.25, 0.3) is 0 Å². The second kappa shape index (κ2) is 23.6. The number of hydrogen-bond donors (Lipinski definition) is 3. The number of carbonyl (C=O) groups excluding carboxylic acids is 2. The standard InChI is InChI=1S/C27H52O7/c1-3-5-7-9-11-15-23(29)17-13-19-26(31)33-22-25(21-28)34-27(32)20-14-18-24(30)16-12-10-8-6-4-2/h23-25,28-30H,3-22H2,1-2H3. The smallest absolute Gasteiger partial charge is 0.306 e. The van der Waals surface area contributed by atoms with Gasteiger partial charge in [0.05, 0.1) is 18.8 Å². The van der Waals surface area contributed by atoms with Crippen molar-refractivity contribution in [2.24, 2.45) is 0 Å². The Labute approximate surface area is 207 Å². The highest BCUT2D eigenvalue weighted by Gasteiger charge is 2.17. The van der Waals surface area contributed by atoms with Crippen molar-refractivity contribution in [3.63, 3.8) is 0 Å². The Morgan fingerprint density at radius 2 is 1.09 bits per heavy atom. The van der Waals surface area contributed by atoms with Crippen molar-refractivity contribution in [1.29, 1.82) is 0 Å². The molecular weight excluding hydrogens is 436 g/mol. The molecule has 0 radical (unpaired) electrons. The van der Waals surface area contributed by atoms with Crippen molar-refractivity contribution in [3.8, 4) is 0 Å². The van der Waals surface area contributed by atoms with E-state index in [0.29, 0.717) is 25.7 Å². The number of hydrogen-bond acceptors (Lipinski definition) is 7. The molecule has 3 atom stereocenters. The maximum Gasteiger partial charge on any atom is 0.306 e. The third-order valence-electron chi connectivity index (χ3n) is 6.05. The summed E-state index contributed by atoms with van der Waals surface area (Å²) >= 11 is 0. The number of aliphatic hydroxyl groups is 3. The highest BCUT2D eigenvalue weighted by molar-refractivity contribution is 5.70. The van der Waals surface area contributed by atoms with Crippen LogP contribution < -0.4 is 0 Å². The predicted molar refractivity (Wildman–Crippen MR) is 134 cm³/mol. The molecule has 3 unspecified atom stereocenters. The molecule has 0 saturated carbocycles. The van der Waals surface area contributed by atoms with Gasteiger partial charge in [-0.3, -0.25) is 9.59 Å². The average Bonchev–Trinajstić information content (AvgIpc) is 2.81. The molecule has 0 fully saturated rings. The second-order valence-electron chi connectivity index (χ2n) is 9.48. The molecule has 0 aromatic carbocycles. The van der Waals surface area contributed by atoms with Gasteiger partial charge in [-0.2, -0.15) is 0 Å². The van der Waals surface area contributed by atoms with E-state index in [4.69, 9.17) is 9.47 Å². The molecule has 0 spiro atoms. The molecule has 202 valence electrons. The predicted octanol–water partition coefficient (Wildman–Crippen LogP) is 5.22. The van der Waals surface area contributed by atoms with E-state index in [0.717, 1.165) is 38.5 Å². The number of carbonyl (C=O) groups is 2. The minimum absolute atomic E-state index is 0.160. The Kier molecular flexibility index (Phi) is 22.7. The van der Waals surface area contributed by atoms with E-state index in [1.165, 1.54) is 38.5 Å². The van der Waals surface area contributed by atoms with Crippen LogP contribution in [0.1, 0.15) is 129 Å². The van der Waals surface area contributed by atoms with Crippen molar-refractivity contribution in [1.82, 2.24) is 0 Å². The van der Waals surface area contributed by atoms with Gasteiger partial charge in [0.15, 0.2) is 6.10 Å². The Balaban J connectivity index is 3.83. The van der Waals surface area contributed by atoms with E-state index < -0.39 is 30.8 Å². The molecule has 0 rings (SSSR count). The van der Waals surface area contributed by atoms with E-state index in [-0.39, 0.29) is 25.6 Å². The zero-order chi connectivity index (χ0) is 25.4. The molecule has 0 aromatic rings. The Morgan fingerprint density at radius 3 is 1.56 bits per heavy atom. The zero-order valence-corrected chi connectivity index (χ0v) is 21.8. The van der Waals surface area contributed by atoms with Gasteiger partial charge in [0, 0.05) is 12.8 Å². The van der Waals surface area contributed by atoms with Crippen LogP contribution in [-0.4, -0.2) is 58.8 Å². The van der Waals surface area contributed by atoms with Crippen molar-refractivity contribution in [3.05, 3.63) is 0 Å². The summed E-state index contributed by atoms with van der Waals surface area (Å²) in [6.07, 6.45) is 13.9. The van der Waals surface area contributed by atoms with Crippen LogP contribution >= 0.6 is 0 Å². The van der Waals surface area contributed by atoms with E-state index >= 15 is 0 Å². The molecule has 0 aliphatic heterocycles. The third kappa shape index (κ3) is 21.4. The molecule has 3 N–H and O–H groups in total. The highest BCUT2D eigenvalue weighted by Crippen LogP contribution is 2.13. The van der Waals surface area contributed by atoms with E-state index in [2.05, 4.69) is 13.8 Å². The average molecular weight is 489 g/mol. The SMILES string of the molecule is CCCCCCCC(O)CCCC(=O)OCC(CO)OC(=O)CCCC(O)CCCCCCC. The van der Waals surface area contributed by atoms with Crippen LogP contribution in [0.3, 0.4) is 0 Å². The summed E-state index contributed by atoms with van der Waals surface area (Å²) < 4.78 is 10.3. The third-order valence-corrected chi connectivity index (χ3v) is 6.05. The maximum absolute atomic E-state index is 12.0. The van der Waals surface area contributed by atoms with Crippen LogP contribution in [0.25, 0.3) is 0 Å². The van der Waals surface area contributed by atoms with Gasteiger partial charge in [0.2, 0.25) is 0 Å². The minimum atomic E-state index is -0.881. The van der Waals surface area contributed by atoms with Crippen LogP contribution in [0.5, 0.6) is 0 Å². The van der Waals surface area contributed by atoms with Gasteiger partial charge < -0.3 is 24.8 Å². The van der Waals surface area contributed by atoms with Gasteiger partial charge in [0.1, 0.15) is 6.61 Å². The number of ether oxygens (including phenoxy) is 2. The van der Waals surface area contributed by atoms with Crippen LogP contribution in [0.15, 0.2) is 0 Å². The van der Waals surface area contributed by atoms with E-state index in [1.54, 1.807) is 0 Å². The van der Waals surface area contributed by atoms with Gasteiger partial charge in [-0.1, -0.05) is 78.1 Å². The fraction of sp³-hybridized carbons (Fsp3) is 0.926. The summed E-state index contributed by atoms with van der Waals surface area (Å²) in [6, 6.07) is 0. The molecule has 0 aliphatic carbocycles. The fourth-order valence-corrected chi connectivity index (χ4v) is 3.85. The summed E-state index contributed by atoms with van der Waals surface area (Å²) in [6.45, 7) is 3.74. The van der Waals surface area contributed by atoms with Gasteiger partial charge in [-0.05, 0) is 38.5 Å². The van der Waals surface area contributed by atoms with Crippen LogP contribution in [-0.2, 0) is 19.1 Å². The quantitative estimate of drug-likeness (QED) is 0.126. The lowest BCUT2D eigenvalue weighted by Gasteiger charge is -2.16. The van der Waals surface area contributed by atoms with Crippen LogP contribution in [0.2, 0.25) is 0 Å². The minimum Gasteiger partial charge on any atom is -0.462 e. The molecule has 0 aliphatic rings. The van der Waals surface area contributed by atoms with Crippen molar-refractivity contribution < 1.29 is 34.4 Å². The van der Waals surface area contributed by atoms with Gasteiger partial charge in [-0.15, -0.1) is 0 Å². The Morgan fingerprint density at radius 1 is 0.647 bits per heavy atom. The second-order valence-corrected chi connectivity index (χ2v) is 9.48. The van der Waals surface area contributed by atoms with Crippen LogP contribution in [0.4, 0.5) is 0 Å². The van der Waals surface area contributed by atoms with Crippen molar-refractivity contribution >= 4 is 11.9 Å². The maximum atomic E-state index is 12.0. The topological polar surface area (TPSA) is 113 Å². The van der Waals surface area contributed by atoms with Crippen LogP contribution in [0, 0.1) is 0 Å². The fourth-order valence-electron chi connectivity index (χ4n) is 3.85. The highest BCUT2D eigenvalue weighted by atomic mass is 16.6. The molecule has 7 nitrogen and oxygen atoms in total. The first-order chi connectivity index (χ1) is 16.4. The summed E-state index contributed by atoms with van der Waals surface area (Å²) in [5.41, 5.74) is 0. The molecule has 0 heterocycles. The van der Waals surface area contributed by atoms with E-state index in [1.807, 2.05) is 0 Å². The summed E-state index contributed by atoms with van der Waals surface area (Å²) in [7, 11) is 0. The molecule has 0 saturated heterocycles. The van der Waals surface area contributed by atoms with Gasteiger partial charge >= 0.3 is 11.9 Å². The Hall–Kier alpha value is -1.18. The van der Waals surface area contributed by atoms with Crippen molar-refractivity contribution in [2.75, 3.05) is 13.2 Å². The lowest BCUT2D eigenvalue weighted by molar-refractivity contribution is -0.161. The first-order valence-corrected chi connectivity index (χ1v) is 13.7. The molecule has 0 aromatic heterocycles. The van der Waals surface area contributed by atoms with E-state index in [9.17, 15) is 24.9 Å². The molecule has 7 heteroatoms. The lowest BCUT2D eigenvalue weighted by atomic mass is 10.0. The monoisotopic (exact) mass is 488 g/mol.